The van der Waals surface area contributed by atoms with Crippen molar-refractivity contribution in [2.24, 2.45) is 23.7 Å². The lowest BCUT2D eigenvalue weighted by Gasteiger charge is -2.31. The van der Waals surface area contributed by atoms with Crippen LogP contribution in [0.1, 0.15) is 22.3 Å². The van der Waals surface area contributed by atoms with Crippen LogP contribution >= 0.6 is 43.5 Å². The van der Waals surface area contributed by atoms with Crippen molar-refractivity contribution in [3.05, 3.63) is 70.5 Å². The Morgan fingerprint density at radius 1 is 1.00 bits per heavy atom. The molecule has 2 saturated carbocycles. The van der Waals surface area contributed by atoms with Gasteiger partial charge in [-0.05, 0) is 36.5 Å². The van der Waals surface area contributed by atoms with Crippen LogP contribution < -0.4 is 0 Å². The van der Waals surface area contributed by atoms with Gasteiger partial charge in [-0.15, -0.1) is 0 Å². The molecule has 0 unspecified atom stereocenters. The van der Waals surface area contributed by atoms with E-state index in [-0.39, 0.29) is 44.2 Å². The van der Waals surface area contributed by atoms with Crippen molar-refractivity contribution in [3.63, 3.8) is 0 Å². The number of hydrogen-bond acceptors (Lipinski definition) is 3. The van der Waals surface area contributed by atoms with Crippen molar-refractivity contribution < 1.29 is 18.8 Å². The Bertz CT molecular complexity index is 1100. The van der Waals surface area contributed by atoms with Crippen LogP contribution in [0.5, 0.6) is 0 Å². The van der Waals surface area contributed by atoms with Gasteiger partial charge < -0.3 is 0 Å². The SMILES string of the molecule is O=C(c1ccccc1Cl)N(Cc1ccccc1F)N1C(=O)[C@@H]2[C@H]3C[C@@H]([C@H](Br)[C@H]3Br)[C@@H]2C1=O. The lowest BCUT2D eigenvalue weighted by Crippen LogP contribution is -2.50. The number of fused-ring (bicyclic) bond motifs is 5. The Balaban J connectivity index is 1.56. The summed E-state index contributed by atoms with van der Waals surface area (Å²) < 4.78 is 14.5. The van der Waals surface area contributed by atoms with Gasteiger partial charge in [-0.2, -0.15) is 5.01 Å². The lowest BCUT2D eigenvalue weighted by molar-refractivity contribution is -0.156. The normalized spacial score (nSPS) is 30.7. The second-order valence-corrected chi connectivity index (χ2v) is 10.9. The molecule has 5 nitrogen and oxygen atoms in total. The van der Waals surface area contributed by atoms with E-state index in [1.54, 1.807) is 30.3 Å². The zero-order valence-electron chi connectivity index (χ0n) is 16.6. The van der Waals surface area contributed by atoms with Crippen molar-refractivity contribution in [1.82, 2.24) is 10.0 Å². The molecule has 2 aliphatic carbocycles. The van der Waals surface area contributed by atoms with Crippen molar-refractivity contribution >= 4 is 61.2 Å². The Morgan fingerprint density at radius 3 is 2.16 bits per heavy atom. The fraction of sp³-hybridized carbons (Fsp3) is 0.348. The number of carbonyl (C=O) groups is 3. The highest BCUT2D eigenvalue weighted by Crippen LogP contribution is 2.60. The first-order valence-electron chi connectivity index (χ1n) is 10.3. The maximum absolute atomic E-state index is 14.5. The molecule has 3 fully saturated rings. The number of alkyl halides is 2. The summed E-state index contributed by atoms with van der Waals surface area (Å²) in [6.07, 6.45) is 0.776. The third kappa shape index (κ3) is 3.25. The van der Waals surface area contributed by atoms with Crippen LogP contribution in [0.2, 0.25) is 5.02 Å². The zero-order chi connectivity index (χ0) is 22.7. The summed E-state index contributed by atoms with van der Waals surface area (Å²) in [5.74, 6) is -2.95. The smallest absolute Gasteiger partial charge is 0.272 e. The van der Waals surface area contributed by atoms with Crippen LogP contribution in [0.25, 0.3) is 0 Å². The minimum atomic E-state index is -0.626. The topological polar surface area (TPSA) is 57.7 Å². The van der Waals surface area contributed by atoms with Crippen LogP contribution in [0.4, 0.5) is 4.39 Å². The molecule has 6 atom stereocenters. The van der Waals surface area contributed by atoms with E-state index in [4.69, 9.17) is 11.6 Å². The Morgan fingerprint density at radius 2 is 1.56 bits per heavy atom. The van der Waals surface area contributed by atoms with Gasteiger partial charge in [-0.25, -0.2) is 9.40 Å². The van der Waals surface area contributed by atoms with E-state index in [2.05, 4.69) is 31.9 Å². The molecule has 3 amide bonds. The fourth-order valence-corrected chi connectivity index (χ4v) is 7.46. The van der Waals surface area contributed by atoms with E-state index < -0.39 is 35.4 Å². The highest BCUT2D eigenvalue weighted by molar-refractivity contribution is 9.12. The molecule has 3 aliphatic rings. The third-order valence-electron chi connectivity index (χ3n) is 6.82. The van der Waals surface area contributed by atoms with Crippen LogP contribution in [0.15, 0.2) is 48.5 Å². The van der Waals surface area contributed by atoms with Gasteiger partial charge in [0.2, 0.25) is 0 Å². The number of halogens is 4. The molecule has 1 aliphatic heterocycles. The summed E-state index contributed by atoms with van der Waals surface area (Å²) >= 11 is 13.6. The maximum atomic E-state index is 14.5. The molecule has 9 heteroatoms. The first kappa shape index (κ1) is 22.0. The summed E-state index contributed by atoms with van der Waals surface area (Å²) in [5.41, 5.74) is 0.341. The Labute approximate surface area is 206 Å². The molecule has 2 bridgehead atoms. The number of amides is 3. The predicted molar refractivity (Wildman–Crippen MR) is 124 cm³/mol. The highest BCUT2D eigenvalue weighted by atomic mass is 79.9. The van der Waals surface area contributed by atoms with E-state index >= 15 is 0 Å². The summed E-state index contributed by atoms with van der Waals surface area (Å²) in [6.45, 7) is -0.265. The van der Waals surface area contributed by atoms with Crippen molar-refractivity contribution in [1.29, 1.82) is 0 Å². The van der Waals surface area contributed by atoms with E-state index in [1.165, 1.54) is 18.2 Å². The van der Waals surface area contributed by atoms with E-state index in [9.17, 15) is 18.8 Å². The minimum Gasteiger partial charge on any atom is -0.272 e. The first-order chi connectivity index (χ1) is 15.3. The van der Waals surface area contributed by atoms with Gasteiger partial charge >= 0.3 is 0 Å². The fourth-order valence-electron chi connectivity index (χ4n) is 5.37. The molecule has 2 aromatic carbocycles. The monoisotopic (exact) mass is 582 g/mol. The quantitative estimate of drug-likeness (QED) is 0.383. The number of carbonyl (C=O) groups excluding carboxylic acids is 3. The molecule has 32 heavy (non-hydrogen) atoms. The van der Waals surface area contributed by atoms with Gasteiger partial charge in [0.25, 0.3) is 17.7 Å². The minimum absolute atomic E-state index is 0.00144. The van der Waals surface area contributed by atoms with Crippen LogP contribution in [0.3, 0.4) is 0 Å². The number of nitrogens with zero attached hydrogens (tertiary/aromatic N) is 2. The molecule has 5 rings (SSSR count). The maximum Gasteiger partial charge on any atom is 0.274 e. The number of imide groups is 1. The molecule has 0 radical (unpaired) electrons. The average molecular weight is 585 g/mol. The molecule has 166 valence electrons. The molecule has 1 saturated heterocycles. The lowest BCUT2D eigenvalue weighted by atomic mass is 9.81. The summed E-state index contributed by atoms with van der Waals surface area (Å²) in [7, 11) is 0. The molecule has 0 N–H and O–H groups in total. The molecule has 2 aromatic rings. The van der Waals surface area contributed by atoms with Gasteiger partial charge in [0.1, 0.15) is 5.82 Å². The number of hydrazine groups is 1. The van der Waals surface area contributed by atoms with Gasteiger partial charge in [-0.3, -0.25) is 14.4 Å². The zero-order valence-corrected chi connectivity index (χ0v) is 20.6. The number of benzene rings is 2. The van der Waals surface area contributed by atoms with Gasteiger partial charge in [0, 0.05) is 15.2 Å². The number of hydrogen-bond donors (Lipinski definition) is 0. The van der Waals surface area contributed by atoms with Gasteiger partial charge in [0.05, 0.1) is 29.0 Å². The number of rotatable bonds is 4. The highest BCUT2D eigenvalue weighted by Gasteiger charge is 2.67. The average Bonchev–Trinajstić information content (AvgIpc) is 3.38. The summed E-state index contributed by atoms with van der Waals surface area (Å²) in [6, 6.07) is 12.4. The largest absolute Gasteiger partial charge is 0.274 e. The van der Waals surface area contributed by atoms with Crippen LogP contribution in [0, 0.1) is 29.5 Å². The first-order valence-corrected chi connectivity index (χ1v) is 12.5. The van der Waals surface area contributed by atoms with E-state index in [0.717, 1.165) is 16.4 Å². The van der Waals surface area contributed by atoms with E-state index in [1.807, 2.05) is 0 Å². The van der Waals surface area contributed by atoms with Crippen molar-refractivity contribution in [2.45, 2.75) is 22.6 Å². The molecular weight excluding hydrogens is 567 g/mol. The van der Waals surface area contributed by atoms with Crippen LogP contribution in [-0.4, -0.2) is 37.4 Å². The molecule has 1 heterocycles. The molecule has 0 spiro atoms. The second kappa shape index (κ2) is 8.22. The Hall–Kier alpha value is -1.77. The molecular formula is C23H18Br2ClFN2O3. The summed E-state index contributed by atoms with van der Waals surface area (Å²) in [4.78, 5) is 40.7. The Kier molecular flexibility index (Phi) is 5.66. The van der Waals surface area contributed by atoms with Crippen LogP contribution in [-0.2, 0) is 16.1 Å². The summed E-state index contributed by atoms with van der Waals surface area (Å²) in [5, 5.41) is 2.18. The van der Waals surface area contributed by atoms with Crippen molar-refractivity contribution in [2.75, 3.05) is 0 Å². The predicted octanol–water partition coefficient (Wildman–Crippen LogP) is 4.81. The van der Waals surface area contributed by atoms with E-state index in [0.29, 0.717) is 0 Å². The van der Waals surface area contributed by atoms with Gasteiger partial charge in [0.15, 0.2) is 0 Å². The standard InChI is InChI=1S/C23H18Br2ClFN2O3/c24-19-13-9-14(20(19)25)18-17(13)22(31)29(23(18)32)28(10-11-5-1-4-8-16(11)27)21(30)12-6-2-3-7-15(12)26/h1-8,13-14,17-20H,9-10H2/t13-,14-,17-,18+,19+,20+/m1/s1. The molecule has 0 aromatic heterocycles. The van der Waals surface area contributed by atoms with Gasteiger partial charge in [-0.1, -0.05) is 73.8 Å². The third-order valence-corrected chi connectivity index (χ3v) is 10.4. The van der Waals surface area contributed by atoms with Crippen molar-refractivity contribution in [3.8, 4) is 0 Å². The second-order valence-electron chi connectivity index (χ2n) is 8.43.